The largest absolute Gasteiger partial charge is 0.343 e. The molecule has 0 saturated carbocycles. The van der Waals surface area contributed by atoms with Gasteiger partial charge in [0.25, 0.3) is 0 Å². The van der Waals surface area contributed by atoms with Crippen LogP contribution in [0.1, 0.15) is 26.7 Å². The van der Waals surface area contributed by atoms with Crippen molar-refractivity contribution in [2.45, 2.75) is 32.7 Å². The van der Waals surface area contributed by atoms with E-state index in [-0.39, 0.29) is 0 Å². The monoisotopic (exact) mass is 142 g/mol. The van der Waals surface area contributed by atoms with Crippen molar-refractivity contribution >= 4 is 5.78 Å². The van der Waals surface area contributed by atoms with Gasteiger partial charge in [-0.05, 0) is 0 Å². The lowest BCUT2D eigenvalue weighted by atomic mass is 9.94. The highest BCUT2D eigenvalue weighted by Gasteiger charge is 2.24. The predicted octanol–water partition coefficient (Wildman–Crippen LogP) is -0.0627. The van der Waals surface area contributed by atoms with Crippen LogP contribution in [0.5, 0.6) is 0 Å². The molecule has 0 amide bonds. The molecule has 0 aromatic carbocycles. The van der Waals surface area contributed by atoms with Gasteiger partial charge in [0.05, 0.1) is 25.4 Å². The van der Waals surface area contributed by atoms with E-state index >= 15 is 0 Å². The van der Waals surface area contributed by atoms with Crippen molar-refractivity contribution in [3.63, 3.8) is 0 Å². The lowest BCUT2D eigenvalue weighted by molar-refractivity contribution is -0.697. The second-order valence-corrected chi connectivity index (χ2v) is 3.43. The smallest absolute Gasteiger partial charge is 0.144 e. The number of rotatable bonds is 1. The van der Waals surface area contributed by atoms with Crippen LogP contribution in [-0.4, -0.2) is 18.4 Å². The van der Waals surface area contributed by atoms with Gasteiger partial charge in [0.15, 0.2) is 0 Å². The Balaban J connectivity index is 2.39. The van der Waals surface area contributed by atoms with Crippen LogP contribution in [0, 0.1) is 5.92 Å². The standard InChI is InChI=1S/C8H15NO/c1-6(2)8-5-7(10)3-4-9-8/h6,8-9H,3-5H2,1-2H3/p+1/t8-/m0/s1. The molecule has 10 heavy (non-hydrogen) atoms. The van der Waals surface area contributed by atoms with Crippen LogP contribution in [-0.2, 0) is 4.79 Å². The maximum atomic E-state index is 11.0. The topological polar surface area (TPSA) is 33.7 Å². The van der Waals surface area contributed by atoms with Crippen LogP contribution >= 0.6 is 0 Å². The zero-order valence-corrected chi connectivity index (χ0v) is 6.76. The zero-order chi connectivity index (χ0) is 7.56. The van der Waals surface area contributed by atoms with E-state index in [9.17, 15) is 4.79 Å². The third kappa shape index (κ3) is 1.81. The molecular weight excluding hydrogens is 126 g/mol. The second-order valence-electron chi connectivity index (χ2n) is 3.43. The first-order chi connectivity index (χ1) is 4.70. The van der Waals surface area contributed by atoms with Crippen molar-refractivity contribution in [2.75, 3.05) is 6.54 Å². The van der Waals surface area contributed by atoms with Crippen molar-refractivity contribution < 1.29 is 10.1 Å². The molecule has 0 bridgehead atoms. The van der Waals surface area contributed by atoms with Gasteiger partial charge >= 0.3 is 0 Å². The summed E-state index contributed by atoms with van der Waals surface area (Å²) < 4.78 is 0. The minimum atomic E-state index is 0.446. The number of Topliss-reactive ketones (excluding diaryl/α,β-unsaturated/α-hetero) is 1. The fourth-order valence-corrected chi connectivity index (χ4v) is 1.41. The molecule has 2 N–H and O–H groups in total. The molecule has 1 fully saturated rings. The van der Waals surface area contributed by atoms with Gasteiger partial charge in [0.1, 0.15) is 5.78 Å². The van der Waals surface area contributed by atoms with Crippen LogP contribution < -0.4 is 5.32 Å². The Morgan fingerprint density at radius 2 is 2.30 bits per heavy atom. The number of hydrogen-bond donors (Lipinski definition) is 1. The van der Waals surface area contributed by atoms with Crippen LogP contribution in [0.4, 0.5) is 0 Å². The summed E-state index contributed by atoms with van der Waals surface area (Å²) in [5, 5.41) is 2.30. The Morgan fingerprint density at radius 1 is 1.60 bits per heavy atom. The van der Waals surface area contributed by atoms with Gasteiger partial charge < -0.3 is 5.32 Å². The maximum Gasteiger partial charge on any atom is 0.144 e. The Labute approximate surface area is 62.0 Å². The molecule has 1 heterocycles. The molecule has 58 valence electrons. The summed E-state index contributed by atoms with van der Waals surface area (Å²) in [6, 6.07) is 0.557. The Hall–Kier alpha value is -0.370. The molecular formula is C8H16NO+. The first-order valence-corrected chi connectivity index (χ1v) is 4.05. The normalized spacial score (nSPS) is 27.5. The number of ketones is 1. The average Bonchev–Trinajstić information content (AvgIpc) is 1.88. The third-order valence-corrected chi connectivity index (χ3v) is 2.21. The highest BCUT2D eigenvalue weighted by molar-refractivity contribution is 5.79. The van der Waals surface area contributed by atoms with Crippen molar-refractivity contribution in [1.29, 1.82) is 0 Å². The predicted molar refractivity (Wildman–Crippen MR) is 39.7 cm³/mol. The first kappa shape index (κ1) is 7.73. The highest BCUT2D eigenvalue weighted by atomic mass is 16.1. The van der Waals surface area contributed by atoms with Crippen molar-refractivity contribution in [3.05, 3.63) is 0 Å². The number of carbonyl (C=O) groups excluding carboxylic acids is 1. The second kappa shape index (κ2) is 3.15. The van der Waals surface area contributed by atoms with E-state index in [2.05, 4.69) is 19.2 Å². The molecule has 0 spiro atoms. The van der Waals surface area contributed by atoms with Crippen LogP contribution in [0.25, 0.3) is 0 Å². The Morgan fingerprint density at radius 3 is 2.70 bits per heavy atom. The van der Waals surface area contributed by atoms with E-state index < -0.39 is 0 Å². The summed E-state index contributed by atoms with van der Waals surface area (Å²) >= 11 is 0. The SMILES string of the molecule is CC(C)[C@@H]1CC(=O)CC[NH2+]1. The van der Waals surface area contributed by atoms with E-state index in [1.165, 1.54) is 0 Å². The molecule has 0 radical (unpaired) electrons. The number of nitrogens with two attached hydrogens (primary N) is 1. The minimum absolute atomic E-state index is 0.446. The molecule has 0 aliphatic carbocycles. The van der Waals surface area contributed by atoms with Crippen LogP contribution in [0.3, 0.4) is 0 Å². The summed E-state index contributed by atoms with van der Waals surface area (Å²) in [4.78, 5) is 11.0. The molecule has 1 saturated heterocycles. The first-order valence-electron chi connectivity index (χ1n) is 4.05. The average molecular weight is 142 g/mol. The third-order valence-electron chi connectivity index (χ3n) is 2.21. The van der Waals surface area contributed by atoms with E-state index in [1.54, 1.807) is 0 Å². The number of hydrogen-bond acceptors (Lipinski definition) is 1. The van der Waals surface area contributed by atoms with Gasteiger partial charge in [0.2, 0.25) is 0 Å². The van der Waals surface area contributed by atoms with Gasteiger partial charge in [-0.2, -0.15) is 0 Å². The minimum Gasteiger partial charge on any atom is -0.343 e. The van der Waals surface area contributed by atoms with Crippen LogP contribution in [0.15, 0.2) is 0 Å². The Kier molecular flexibility index (Phi) is 2.44. The lowest BCUT2D eigenvalue weighted by Crippen LogP contribution is -2.93. The van der Waals surface area contributed by atoms with Gasteiger partial charge in [-0.1, -0.05) is 13.8 Å². The fourth-order valence-electron chi connectivity index (χ4n) is 1.41. The van der Waals surface area contributed by atoms with Gasteiger partial charge in [-0.3, -0.25) is 4.79 Å². The van der Waals surface area contributed by atoms with Crippen LogP contribution in [0.2, 0.25) is 0 Å². The summed E-state index contributed by atoms with van der Waals surface area (Å²) in [5.41, 5.74) is 0. The van der Waals surface area contributed by atoms with Crippen molar-refractivity contribution in [2.24, 2.45) is 5.92 Å². The van der Waals surface area contributed by atoms with E-state index in [0.717, 1.165) is 19.4 Å². The lowest BCUT2D eigenvalue weighted by Gasteiger charge is -2.22. The summed E-state index contributed by atoms with van der Waals surface area (Å²) in [7, 11) is 0. The molecule has 2 nitrogen and oxygen atoms in total. The molecule has 1 rings (SSSR count). The maximum absolute atomic E-state index is 11.0. The van der Waals surface area contributed by atoms with E-state index in [4.69, 9.17) is 0 Å². The summed E-state index contributed by atoms with van der Waals surface area (Å²) in [5.74, 6) is 1.09. The van der Waals surface area contributed by atoms with E-state index in [1.807, 2.05) is 0 Å². The molecule has 1 aliphatic heterocycles. The van der Waals surface area contributed by atoms with E-state index in [0.29, 0.717) is 17.7 Å². The van der Waals surface area contributed by atoms with Crippen molar-refractivity contribution in [1.82, 2.24) is 0 Å². The zero-order valence-electron chi connectivity index (χ0n) is 6.76. The Bertz CT molecular complexity index is 131. The summed E-state index contributed by atoms with van der Waals surface area (Å²) in [6.45, 7) is 5.36. The molecule has 0 aromatic heterocycles. The van der Waals surface area contributed by atoms with Gasteiger partial charge in [-0.25, -0.2) is 0 Å². The van der Waals surface area contributed by atoms with Crippen molar-refractivity contribution in [3.8, 4) is 0 Å². The molecule has 1 aliphatic rings. The molecule has 1 atom stereocenters. The number of quaternary nitrogens is 1. The number of carbonyl (C=O) groups is 1. The number of piperidine rings is 1. The molecule has 0 aromatic rings. The quantitative estimate of drug-likeness (QED) is 0.546. The van der Waals surface area contributed by atoms with Gasteiger partial charge in [0, 0.05) is 5.92 Å². The fraction of sp³-hybridized carbons (Fsp3) is 0.875. The van der Waals surface area contributed by atoms with Gasteiger partial charge in [-0.15, -0.1) is 0 Å². The summed E-state index contributed by atoms with van der Waals surface area (Å²) in [6.07, 6.45) is 1.57. The highest BCUT2D eigenvalue weighted by Crippen LogP contribution is 2.05. The molecule has 2 heteroatoms. The molecule has 0 unspecified atom stereocenters.